The largest absolute Gasteiger partial charge is 0.310 e. The number of rotatable bonds is 6. The third-order valence-electron chi connectivity index (χ3n) is 3.01. The van der Waals surface area contributed by atoms with Crippen molar-refractivity contribution in [3.63, 3.8) is 0 Å². The summed E-state index contributed by atoms with van der Waals surface area (Å²) < 4.78 is 0.932. The molecule has 1 aromatic rings. The Hall–Kier alpha value is -0.0500. The van der Waals surface area contributed by atoms with E-state index in [1.165, 1.54) is 23.3 Å². The minimum Gasteiger partial charge on any atom is -0.310 e. The monoisotopic (exact) mass is 259 g/mol. The van der Waals surface area contributed by atoms with Crippen LogP contribution < -0.4 is 5.32 Å². The average Bonchev–Trinajstić information content (AvgIpc) is 2.58. The number of hydrogen-bond donors (Lipinski definition) is 1. The molecule has 16 heavy (non-hydrogen) atoms. The molecule has 0 radical (unpaired) electrons. The van der Waals surface area contributed by atoms with Gasteiger partial charge in [-0.15, -0.1) is 11.3 Å². The molecule has 0 aromatic carbocycles. The summed E-state index contributed by atoms with van der Waals surface area (Å²) in [7, 11) is 0. The highest BCUT2D eigenvalue weighted by atomic mass is 35.5. The summed E-state index contributed by atoms with van der Waals surface area (Å²) in [5, 5.41) is 3.56. The van der Waals surface area contributed by atoms with Gasteiger partial charge < -0.3 is 5.32 Å². The highest BCUT2D eigenvalue weighted by Gasteiger charge is 2.16. The van der Waals surface area contributed by atoms with E-state index < -0.39 is 0 Å². The standard InChI is InChI=1S/C13H22ClNS/c1-5-9(3)7-11(15-6-2)12-8-10(4)13(14)16-12/h8-9,11,15H,5-7H2,1-4H3. The van der Waals surface area contributed by atoms with Gasteiger partial charge in [-0.1, -0.05) is 38.8 Å². The molecule has 0 saturated heterocycles. The van der Waals surface area contributed by atoms with Crippen LogP contribution in [0.2, 0.25) is 4.34 Å². The molecule has 0 aliphatic rings. The molecule has 1 aromatic heterocycles. The third-order valence-corrected chi connectivity index (χ3v) is 4.67. The second-order valence-corrected chi connectivity index (χ2v) is 6.15. The van der Waals surface area contributed by atoms with Gasteiger partial charge in [0, 0.05) is 10.9 Å². The normalized spacial score (nSPS) is 15.1. The number of hydrogen-bond acceptors (Lipinski definition) is 2. The molecule has 1 nitrogen and oxygen atoms in total. The Balaban J connectivity index is 2.76. The van der Waals surface area contributed by atoms with Crippen molar-refractivity contribution in [3.05, 3.63) is 20.8 Å². The summed E-state index contributed by atoms with van der Waals surface area (Å²) in [4.78, 5) is 1.38. The molecule has 0 aliphatic heterocycles. The van der Waals surface area contributed by atoms with E-state index in [0.29, 0.717) is 6.04 Å². The lowest BCUT2D eigenvalue weighted by Gasteiger charge is -2.19. The van der Waals surface area contributed by atoms with Crippen LogP contribution in [0.1, 0.15) is 50.1 Å². The van der Waals surface area contributed by atoms with Crippen molar-refractivity contribution in [1.29, 1.82) is 0 Å². The van der Waals surface area contributed by atoms with Crippen LogP contribution in [0.5, 0.6) is 0 Å². The van der Waals surface area contributed by atoms with Gasteiger partial charge >= 0.3 is 0 Å². The zero-order chi connectivity index (χ0) is 12.1. The number of halogens is 1. The Labute approximate surface area is 108 Å². The smallest absolute Gasteiger partial charge is 0.0960 e. The van der Waals surface area contributed by atoms with E-state index in [4.69, 9.17) is 11.6 Å². The topological polar surface area (TPSA) is 12.0 Å². The van der Waals surface area contributed by atoms with Gasteiger partial charge in [-0.2, -0.15) is 0 Å². The van der Waals surface area contributed by atoms with E-state index in [2.05, 4.69) is 39.1 Å². The molecule has 0 spiro atoms. The first-order valence-corrected chi connectivity index (χ1v) is 7.27. The number of nitrogens with one attached hydrogen (secondary N) is 1. The van der Waals surface area contributed by atoms with Gasteiger partial charge in [-0.25, -0.2) is 0 Å². The van der Waals surface area contributed by atoms with Crippen molar-refractivity contribution in [1.82, 2.24) is 5.32 Å². The second-order valence-electron chi connectivity index (χ2n) is 4.46. The Kier molecular flexibility index (Phi) is 5.81. The zero-order valence-electron chi connectivity index (χ0n) is 10.6. The highest BCUT2D eigenvalue weighted by Crippen LogP contribution is 2.34. The maximum Gasteiger partial charge on any atom is 0.0960 e. The third kappa shape index (κ3) is 3.76. The minimum absolute atomic E-state index is 0.469. The summed E-state index contributed by atoms with van der Waals surface area (Å²) in [5.41, 5.74) is 1.20. The maximum absolute atomic E-state index is 6.13. The molecule has 0 fully saturated rings. The molecule has 2 atom stereocenters. The fourth-order valence-corrected chi connectivity index (χ4v) is 3.08. The van der Waals surface area contributed by atoms with Gasteiger partial charge in [0.05, 0.1) is 4.34 Å². The van der Waals surface area contributed by atoms with Crippen LogP contribution in [-0.4, -0.2) is 6.54 Å². The van der Waals surface area contributed by atoms with Crippen LogP contribution in [0.15, 0.2) is 6.07 Å². The molecule has 3 heteroatoms. The van der Waals surface area contributed by atoms with E-state index in [0.717, 1.165) is 16.8 Å². The lowest BCUT2D eigenvalue weighted by atomic mass is 9.98. The molecular formula is C13H22ClNS. The molecule has 1 heterocycles. The SMILES string of the molecule is CCNC(CC(C)CC)c1cc(C)c(Cl)s1. The Morgan fingerprint density at radius 3 is 2.56 bits per heavy atom. The molecule has 0 amide bonds. The lowest BCUT2D eigenvalue weighted by molar-refractivity contribution is 0.412. The van der Waals surface area contributed by atoms with Crippen LogP contribution >= 0.6 is 22.9 Å². The van der Waals surface area contributed by atoms with Crippen molar-refractivity contribution in [3.8, 4) is 0 Å². The summed E-state index contributed by atoms with van der Waals surface area (Å²) in [6, 6.07) is 2.69. The first-order valence-electron chi connectivity index (χ1n) is 6.07. The molecule has 92 valence electrons. The van der Waals surface area contributed by atoms with E-state index in [-0.39, 0.29) is 0 Å². The Morgan fingerprint density at radius 1 is 1.44 bits per heavy atom. The van der Waals surface area contributed by atoms with E-state index in [9.17, 15) is 0 Å². The summed E-state index contributed by atoms with van der Waals surface area (Å²) in [6.45, 7) is 9.81. The quantitative estimate of drug-likeness (QED) is 0.774. The summed E-state index contributed by atoms with van der Waals surface area (Å²) >= 11 is 7.85. The maximum atomic E-state index is 6.13. The minimum atomic E-state index is 0.469. The fourth-order valence-electron chi connectivity index (χ4n) is 1.77. The van der Waals surface area contributed by atoms with Crippen molar-refractivity contribution in [2.24, 2.45) is 5.92 Å². The first-order chi connectivity index (χ1) is 7.58. The molecule has 0 saturated carbocycles. The van der Waals surface area contributed by atoms with Crippen LogP contribution in [0.3, 0.4) is 0 Å². The number of aryl methyl sites for hydroxylation is 1. The van der Waals surface area contributed by atoms with Gasteiger partial charge in [0.25, 0.3) is 0 Å². The highest BCUT2D eigenvalue weighted by molar-refractivity contribution is 7.16. The van der Waals surface area contributed by atoms with E-state index >= 15 is 0 Å². The molecule has 1 N–H and O–H groups in total. The van der Waals surface area contributed by atoms with Crippen LogP contribution in [0.25, 0.3) is 0 Å². The molecule has 1 rings (SSSR count). The molecular weight excluding hydrogens is 238 g/mol. The Morgan fingerprint density at radius 2 is 2.12 bits per heavy atom. The Bertz CT molecular complexity index is 302. The van der Waals surface area contributed by atoms with Gasteiger partial charge in [0.15, 0.2) is 0 Å². The zero-order valence-corrected chi connectivity index (χ0v) is 12.2. The second kappa shape index (κ2) is 6.63. The average molecular weight is 260 g/mol. The summed E-state index contributed by atoms with van der Waals surface area (Å²) in [5.74, 6) is 0.755. The predicted molar refractivity (Wildman–Crippen MR) is 74.6 cm³/mol. The van der Waals surface area contributed by atoms with Crippen molar-refractivity contribution in [2.45, 2.75) is 46.6 Å². The van der Waals surface area contributed by atoms with Crippen molar-refractivity contribution < 1.29 is 0 Å². The van der Waals surface area contributed by atoms with Gasteiger partial charge in [0.2, 0.25) is 0 Å². The summed E-state index contributed by atoms with van der Waals surface area (Å²) in [6.07, 6.45) is 2.43. The fraction of sp³-hybridized carbons (Fsp3) is 0.692. The molecule has 2 unspecified atom stereocenters. The van der Waals surface area contributed by atoms with Gasteiger partial charge in [-0.3, -0.25) is 0 Å². The van der Waals surface area contributed by atoms with Crippen molar-refractivity contribution >= 4 is 22.9 Å². The van der Waals surface area contributed by atoms with Gasteiger partial charge in [0.1, 0.15) is 0 Å². The van der Waals surface area contributed by atoms with Crippen molar-refractivity contribution in [2.75, 3.05) is 6.54 Å². The lowest BCUT2D eigenvalue weighted by Crippen LogP contribution is -2.22. The first kappa shape index (κ1) is 14.0. The van der Waals surface area contributed by atoms with Crippen LogP contribution in [0, 0.1) is 12.8 Å². The predicted octanol–water partition coefficient (Wildman–Crippen LogP) is 4.80. The van der Waals surface area contributed by atoms with Crippen LogP contribution in [0.4, 0.5) is 0 Å². The van der Waals surface area contributed by atoms with Crippen LogP contribution in [-0.2, 0) is 0 Å². The van der Waals surface area contributed by atoms with E-state index in [1.807, 2.05) is 0 Å². The van der Waals surface area contributed by atoms with E-state index in [1.54, 1.807) is 11.3 Å². The van der Waals surface area contributed by atoms with Gasteiger partial charge in [-0.05, 0) is 37.4 Å². The molecule has 0 bridgehead atoms. The number of thiophene rings is 1. The molecule has 0 aliphatic carbocycles.